The van der Waals surface area contributed by atoms with Crippen LogP contribution in [0.5, 0.6) is 5.75 Å². The van der Waals surface area contributed by atoms with E-state index in [4.69, 9.17) is 9.15 Å². The Morgan fingerprint density at radius 2 is 1.77 bits per heavy atom. The molecule has 0 radical (unpaired) electrons. The Bertz CT molecular complexity index is 1060. The fourth-order valence-electron chi connectivity index (χ4n) is 2.89. The number of methoxy groups -OCH3 is 1. The molecule has 0 saturated heterocycles. The molecule has 2 aromatic carbocycles. The van der Waals surface area contributed by atoms with Crippen LogP contribution >= 0.6 is 0 Å². The third-order valence-electron chi connectivity index (χ3n) is 4.68. The van der Waals surface area contributed by atoms with Crippen molar-refractivity contribution in [1.82, 2.24) is 5.32 Å². The number of aryl methyl sites for hydroxylation is 1. The van der Waals surface area contributed by atoms with Crippen molar-refractivity contribution in [2.24, 2.45) is 0 Å². The summed E-state index contributed by atoms with van der Waals surface area (Å²) in [6.45, 7) is 0.521. The van der Waals surface area contributed by atoms with Crippen LogP contribution in [0.3, 0.4) is 0 Å². The highest BCUT2D eigenvalue weighted by Gasteiger charge is 2.21. The summed E-state index contributed by atoms with van der Waals surface area (Å²) < 4.78 is 37.1. The Kier molecular flexibility index (Phi) is 6.79. The van der Waals surface area contributed by atoms with E-state index >= 15 is 0 Å². The number of anilines is 1. The van der Waals surface area contributed by atoms with Crippen molar-refractivity contribution in [2.75, 3.05) is 25.0 Å². The fourth-order valence-corrected chi connectivity index (χ4v) is 4.08. The molecule has 0 bridgehead atoms. The summed E-state index contributed by atoms with van der Waals surface area (Å²) >= 11 is 0. The van der Waals surface area contributed by atoms with E-state index in [2.05, 4.69) is 5.32 Å². The predicted octanol–water partition coefficient (Wildman–Crippen LogP) is 3.48. The average Bonchev–Trinajstić information content (AvgIpc) is 3.29. The highest BCUT2D eigenvalue weighted by molar-refractivity contribution is 7.92. The second-order valence-electron chi connectivity index (χ2n) is 6.63. The maximum Gasteiger partial charge on any atom is 0.264 e. The Labute approximate surface area is 176 Å². The Morgan fingerprint density at radius 3 is 2.37 bits per heavy atom. The van der Waals surface area contributed by atoms with Gasteiger partial charge in [-0.2, -0.15) is 0 Å². The molecule has 0 atom stereocenters. The van der Waals surface area contributed by atoms with Gasteiger partial charge < -0.3 is 14.5 Å². The van der Waals surface area contributed by atoms with Crippen molar-refractivity contribution in [3.8, 4) is 5.75 Å². The van der Waals surface area contributed by atoms with Crippen LogP contribution in [-0.4, -0.2) is 35.0 Å². The second-order valence-corrected chi connectivity index (χ2v) is 8.60. The van der Waals surface area contributed by atoms with E-state index in [1.807, 2.05) is 12.1 Å². The minimum absolute atomic E-state index is 0.157. The lowest BCUT2D eigenvalue weighted by molar-refractivity contribution is 0.0953. The highest BCUT2D eigenvalue weighted by atomic mass is 32.2. The standard InChI is InChI=1S/C22H24N2O5S/c1-24(30(26,27)21-13-11-19(28-2)12-14-21)18-9-7-17(8-10-18)22(25)23-15-3-5-20-6-4-16-29-20/h4,6-14,16H,3,5,15H2,1-2H3,(H,23,25). The van der Waals surface area contributed by atoms with Gasteiger partial charge in [0.15, 0.2) is 0 Å². The number of benzene rings is 2. The van der Waals surface area contributed by atoms with E-state index in [1.54, 1.807) is 42.7 Å². The van der Waals surface area contributed by atoms with Crippen molar-refractivity contribution < 1.29 is 22.4 Å². The monoisotopic (exact) mass is 428 g/mol. The van der Waals surface area contributed by atoms with Crippen LogP contribution < -0.4 is 14.4 Å². The Morgan fingerprint density at radius 1 is 1.07 bits per heavy atom. The molecule has 0 aliphatic heterocycles. The van der Waals surface area contributed by atoms with Gasteiger partial charge in [0.25, 0.3) is 15.9 Å². The zero-order valence-electron chi connectivity index (χ0n) is 16.9. The zero-order valence-corrected chi connectivity index (χ0v) is 17.7. The molecule has 0 saturated carbocycles. The Hall–Kier alpha value is -3.26. The predicted molar refractivity (Wildman–Crippen MR) is 114 cm³/mol. The lowest BCUT2D eigenvalue weighted by Crippen LogP contribution is -2.27. The number of ether oxygens (including phenoxy) is 1. The molecule has 3 aromatic rings. The van der Waals surface area contributed by atoms with Gasteiger partial charge in [-0.1, -0.05) is 0 Å². The van der Waals surface area contributed by atoms with Crippen LogP contribution in [0.15, 0.2) is 76.2 Å². The molecule has 30 heavy (non-hydrogen) atoms. The zero-order chi connectivity index (χ0) is 21.6. The first-order valence-corrected chi connectivity index (χ1v) is 10.9. The average molecular weight is 429 g/mol. The molecule has 1 amide bonds. The number of nitrogens with zero attached hydrogens (tertiary/aromatic N) is 1. The molecule has 0 unspecified atom stereocenters. The van der Waals surface area contributed by atoms with Gasteiger partial charge in [0.1, 0.15) is 11.5 Å². The first-order chi connectivity index (χ1) is 14.4. The van der Waals surface area contributed by atoms with Crippen molar-refractivity contribution in [2.45, 2.75) is 17.7 Å². The summed E-state index contributed by atoms with van der Waals surface area (Å²) in [6.07, 6.45) is 3.14. The van der Waals surface area contributed by atoms with Gasteiger partial charge in [-0.25, -0.2) is 8.42 Å². The van der Waals surface area contributed by atoms with Crippen molar-refractivity contribution in [1.29, 1.82) is 0 Å². The maximum atomic E-state index is 12.8. The number of amides is 1. The molecular weight excluding hydrogens is 404 g/mol. The van der Waals surface area contributed by atoms with Gasteiger partial charge in [0.2, 0.25) is 0 Å². The van der Waals surface area contributed by atoms with E-state index in [0.717, 1.165) is 18.6 Å². The topological polar surface area (TPSA) is 88.9 Å². The summed E-state index contributed by atoms with van der Waals surface area (Å²) in [5, 5.41) is 2.85. The molecule has 0 spiro atoms. The molecule has 0 aliphatic carbocycles. The molecule has 0 fully saturated rings. The number of carbonyl (C=O) groups excluding carboxylic acids is 1. The van der Waals surface area contributed by atoms with Crippen LogP contribution in [0.2, 0.25) is 0 Å². The molecule has 0 aliphatic rings. The summed E-state index contributed by atoms with van der Waals surface area (Å²) in [5.41, 5.74) is 0.923. The van der Waals surface area contributed by atoms with Crippen molar-refractivity contribution >= 4 is 21.6 Å². The van der Waals surface area contributed by atoms with Gasteiger partial charge in [-0.15, -0.1) is 0 Å². The number of carbonyl (C=O) groups is 1. The SMILES string of the molecule is COc1ccc(S(=O)(=O)N(C)c2ccc(C(=O)NCCCc3ccco3)cc2)cc1. The number of rotatable bonds is 9. The first kappa shape index (κ1) is 21.4. The van der Waals surface area contributed by atoms with Crippen molar-refractivity contribution in [3.05, 3.63) is 78.3 Å². The van der Waals surface area contributed by atoms with Crippen LogP contribution in [0.25, 0.3) is 0 Å². The molecule has 8 heteroatoms. The third kappa shape index (κ3) is 5.01. The van der Waals surface area contributed by atoms with Gasteiger partial charge >= 0.3 is 0 Å². The maximum absolute atomic E-state index is 12.8. The van der Waals surface area contributed by atoms with Gasteiger partial charge in [-0.05, 0) is 67.1 Å². The summed E-state index contributed by atoms with van der Waals surface area (Å²) in [5.74, 6) is 1.26. The number of nitrogens with one attached hydrogen (secondary N) is 1. The fraction of sp³-hybridized carbons (Fsp3) is 0.227. The minimum Gasteiger partial charge on any atom is -0.497 e. The van der Waals surface area contributed by atoms with E-state index in [0.29, 0.717) is 23.5 Å². The first-order valence-electron chi connectivity index (χ1n) is 9.45. The molecule has 1 aromatic heterocycles. The third-order valence-corrected chi connectivity index (χ3v) is 6.48. The quantitative estimate of drug-likeness (QED) is 0.527. The number of sulfonamides is 1. The van der Waals surface area contributed by atoms with Crippen LogP contribution in [0, 0.1) is 0 Å². The lowest BCUT2D eigenvalue weighted by atomic mass is 10.2. The van der Waals surface area contributed by atoms with Gasteiger partial charge in [0.05, 0.1) is 24.0 Å². The Balaban J connectivity index is 1.60. The lowest BCUT2D eigenvalue weighted by Gasteiger charge is -2.20. The largest absolute Gasteiger partial charge is 0.497 e. The number of furan rings is 1. The number of hydrogen-bond donors (Lipinski definition) is 1. The van der Waals surface area contributed by atoms with Gasteiger partial charge in [-0.3, -0.25) is 9.10 Å². The highest BCUT2D eigenvalue weighted by Crippen LogP contribution is 2.24. The van der Waals surface area contributed by atoms with Crippen LogP contribution in [0.4, 0.5) is 5.69 Å². The van der Waals surface area contributed by atoms with E-state index in [9.17, 15) is 13.2 Å². The van der Waals surface area contributed by atoms with E-state index in [1.165, 1.54) is 30.6 Å². The van der Waals surface area contributed by atoms with Crippen LogP contribution in [-0.2, 0) is 16.4 Å². The van der Waals surface area contributed by atoms with E-state index < -0.39 is 10.0 Å². The molecular formula is C22H24N2O5S. The van der Waals surface area contributed by atoms with Crippen LogP contribution in [0.1, 0.15) is 22.5 Å². The molecule has 158 valence electrons. The number of hydrogen-bond acceptors (Lipinski definition) is 5. The molecule has 1 N–H and O–H groups in total. The second kappa shape index (κ2) is 9.49. The summed E-state index contributed by atoms with van der Waals surface area (Å²) in [7, 11) is -0.725. The van der Waals surface area contributed by atoms with Gasteiger partial charge in [0, 0.05) is 25.6 Å². The smallest absolute Gasteiger partial charge is 0.264 e. The molecule has 1 heterocycles. The summed E-state index contributed by atoms with van der Waals surface area (Å²) in [4.78, 5) is 12.4. The minimum atomic E-state index is -3.72. The molecule has 3 rings (SSSR count). The van der Waals surface area contributed by atoms with Crippen molar-refractivity contribution in [3.63, 3.8) is 0 Å². The molecule has 7 nitrogen and oxygen atoms in total. The van der Waals surface area contributed by atoms with E-state index in [-0.39, 0.29) is 10.8 Å². The summed E-state index contributed by atoms with van der Waals surface area (Å²) in [6, 6.07) is 16.4. The normalized spacial score (nSPS) is 11.1.